The van der Waals surface area contributed by atoms with Crippen LogP contribution in [-0.4, -0.2) is 36.1 Å². The van der Waals surface area contributed by atoms with E-state index in [1.54, 1.807) is 0 Å². The summed E-state index contributed by atoms with van der Waals surface area (Å²) < 4.78 is 6.02. The number of pyridine rings is 1. The third-order valence-electron chi connectivity index (χ3n) is 3.37. The fourth-order valence-corrected chi connectivity index (χ4v) is 2.44. The molecule has 1 unspecified atom stereocenters. The van der Waals surface area contributed by atoms with E-state index in [4.69, 9.17) is 4.74 Å². The molecule has 0 aliphatic carbocycles. The van der Waals surface area contributed by atoms with E-state index in [2.05, 4.69) is 22.2 Å². The van der Waals surface area contributed by atoms with E-state index in [1.807, 2.05) is 48.7 Å². The Morgan fingerprint density at radius 1 is 1.25 bits per heavy atom. The number of anilines is 1. The minimum absolute atomic E-state index is 0.165. The van der Waals surface area contributed by atoms with Crippen LogP contribution in [0.2, 0.25) is 0 Å². The summed E-state index contributed by atoms with van der Waals surface area (Å²) in [7, 11) is 2.10. The first-order valence-electron chi connectivity index (χ1n) is 6.89. The summed E-state index contributed by atoms with van der Waals surface area (Å²) in [6.45, 7) is 2.55. The summed E-state index contributed by atoms with van der Waals surface area (Å²) in [5, 5.41) is 3.41. The smallest absolute Gasteiger partial charge is 0.142 e. The van der Waals surface area contributed by atoms with Gasteiger partial charge in [0, 0.05) is 19.3 Å². The summed E-state index contributed by atoms with van der Waals surface area (Å²) in [5.74, 6) is 0.940. The van der Waals surface area contributed by atoms with Crippen molar-refractivity contribution in [3.8, 4) is 5.75 Å². The molecule has 2 heterocycles. The van der Waals surface area contributed by atoms with Gasteiger partial charge in [-0.05, 0) is 31.3 Å². The van der Waals surface area contributed by atoms with Gasteiger partial charge in [0.2, 0.25) is 0 Å². The summed E-state index contributed by atoms with van der Waals surface area (Å²) in [4.78, 5) is 6.59. The maximum absolute atomic E-state index is 6.02. The zero-order valence-corrected chi connectivity index (χ0v) is 11.6. The van der Waals surface area contributed by atoms with Gasteiger partial charge in [-0.15, -0.1) is 0 Å². The number of fused-ring (bicyclic) bond motifs is 1. The van der Waals surface area contributed by atoms with Crippen molar-refractivity contribution in [1.29, 1.82) is 0 Å². The van der Waals surface area contributed by atoms with E-state index >= 15 is 0 Å². The first-order chi connectivity index (χ1) is 9.81. The van der Waals surface area contributed by atoms with Crippen molar-refractivity contribution in [3.63, 3.8) is 0 Å². The van der Waals surface area contributed by atoms with E-state index in [-0.39, 0.29) is 6.10 Å². The molecule has 0 bridgehead atoms. The number of hydrogen-bond acceptors (Lipinski definition) is 4. The Morgan fingerprint density at radius 3 is 2.95 bits per heavy atom. The summed E-state index contributed by atoms with van der Waals surface area (Å²) in [5.41, 5.74) is 2.16. The lowest BCUT2D eigenvalue weighted by molar-refractivity contribution is 0.147. The van der Waals surface area contributed by atoms with Gasteiger partial charge in [-0.25, -0.2) is 0 Å². The Balaban J connectivity index is 1.57. The molecular weight excluding hydrogens is 250 g/mol. The minimum Gasteiger partial charge on any atom is -0.485 e. The van der Waals surface area contributed by atoms with E-state index in [0.717, 1.165) is 36.8 Å². The maximum atomic E-state index is 6.02. The van der Waals surface area contributed by atoms with Crippen LogP contribution in [0.1, 0.15) is 5.69 Å². The van der Waals surface area contributed by atoms with E-state index in [1.165, 1.54) is 0 Å². The average Bonchev–Trinajstić information content (AvgIpc) is 2.48. The number of ether oxygens (including phenoxy) is 1. The number of hydrogen-bond donors (Lipinski definition) is 1. The number of aromatic nitrogens is 1. The SMILES string of the molecule is CN(Cc1ccccn1)CC1CNc2ccccc2O1. The number of para-hydroxylation sites is 2. The zero-order chi connectivity index (χ0) is 13.8. The second-order valence-electron chi connectivity index (χ2n) is 5.13. The lowest BCUT2D eigenvalue weighted by atomic mass is 10.2. The van der Waals surface area contributed by atoms with Crippen LogP contribution in [0.15, 0.2) is 48.7 Å². The summed E-state index contributed by atoms with van der Waals surface area (Å²) in [6, 6.07) is 14.1. The van der Waals surface area contributed by atoms with Crippen molar-refractivity contribution in [2.45, 2.75) is 12.6 Å². The number of rotatable bonds is 4. The van der Waals surface area contributed by atoms with Crippen LogP contribution in [-0.2, 0) is 6.54 Å². The molecule has 1 N–H and O–H groups in total. The number of benzene rings is 1. The molecule has 4 nitrogen and oxygen atoms in total. The van der Waals surface area contributed by atoms with Crippen LogP contribution >= 0.6 is 0 Å². The fraction of sp³-hybridized carbons (Fsp3) is 0.312. The first-order valence-corrected chi connectivity index (χ1v) is 6.89. The van der Waals surface area contributed by atoms with Crippen LogP contribution in [0.5, 0.6) is 5.75 Å². The molecule has 1 aliphatic rings. The van der Waals surface area contributed by atoms with Crippen LogP contribution in [0.25, 0.3) is 0 Å². The summed E-state index contributed by atoms with van der Waals surface area (Å²) >= 11 is 0. The molecule has 1 atom stereocenters. The van der Waals surface area contributed by atoms with Crippen molar-refractivity contribution in [3.05, 3.63) is 54.4 Å². The van der Waals surface area contributed by atoms with Gasteiger partial charge in [0.25, 0.3) is 0 Å². The van der Waals surface area contributed by atoms with Crippen molar-refractivity contribution in [2.24, 2.45) is 0 Å². The van der Waals surface area contributed by atoms with Crippen LogP contribution in [0.3, 0.4) is 0 Å². The quantitative estimate of drug-likeness (QED) is 0.924. The van der Waals surface area contributed by atoms with Gasteiger partial charge in [0.15, 0.2) is 0 Å². The van der Waals surface area contributed by atoms with Gasteiger partial charge in [-0.2, -0.15) is 0 Å². The second-order valence-corrected chi connectivity index (χ2v) is 5.13. The Bertz CT molecular complexity index is 559. The molecule has 0 amide bonds. The average molecular weight is 269 g/mol. The van der Waals surface area contributed by atoms with Gasteiger partial charge in [-0.1, -0.05) is 18.2 Å². The molecule has 1 aliphatic heterocycles. The zero-order valence-electron chi connectivity index (χ0n) is 11.6. The molecule has 0 saturated heterocycles. The van der Waals surface area contributed by atoms with E-state index < -0.39 is 0 Å². The highest BCUT2D eigenvalue weighted by atomic mass is 16.5. The molecule has 2 aromatic rings. The largest absolute Gasteiger partial charge is 0.485 e. The Kier molecular flexibility index (Phi) is 3.83. The van der Waals surface area contributed by atoms with Crippen LogP contribution < -0.4 is 10.1 Å². The molecule has 0 radical (unpaired) electrons. The van der Waals surface area contributed by atoms with Gasteiger partial charge < -0.3 is 10.1 Å². The Labute approximate surface area is 119 Å². The normalized spacial score (nSPS) is 17.2. The molecule has 104 valence electrons. The summed E-state index contributed by atoms with van der Waals surface area (Å²) in [6.07, 6.45) is 2.00. The molecule has 0 spiro atoms. The maximum Gasteiger partial charge on any atom is 0.142 e. The van der Waals surface area contributed by atoms with E-state index in [0.29, 0.717) is 0 Å². The van der Waals surface area contributed by atoms with Crippen LogP contribution in [0, 0.1) is 0 Å². The highest BCUT2D eigenvalue weighted by molar-refractivity contribution is 5.57. The minimum atomic E-state index is 0.165. The van der Waals surface area contributed by atoms with Gasteiger partial charge in [0.05, 0.1) is 17.9 Å². The van der Waals surface area contributed by atoms with Gasteiger partial charge in [0.1, 0.15) is 11.9 Å². The number of likely N-dealkylation sites (N-methyl/N-ethyl adjacent to an activating group) is 1. The fourth-order valence-electron chi connectivity index (χ4n) is 2.44. The molecule has 20 heavy (non-hydrogen) atoms. The van der Waals surface area contributed by atoms with Gasteiger partial charge in [-0.3, -0.25) is 9.88 Å². The lowest BCUT2D eigenvalue weighted by Crippen LogP contribution is -2.40. The van der Waals surface area contributed by atoms with E-state index in [9.17, 15) is 0 Å². The first kappa shape index (κ1) is 12.9. The van der Waals surface area contributed by atoms with Crippen LogP contribution in [0.4, 0.5) is 5.69 Å². The number of nitrogens with zero attached hydrogens (tertiary/aromatic N) is 2. The van der Waals surface area contributed by atoms with Crippen molar-refractivity contribution in [2.75, 3.05) is 25.5 Å². The predicted molar refractivity (Wildman–Crippen MR) is 79.9 cm³/mol. The molecule has 1 aromatic carbocycles. The molecule has 1 aromatic heterocycles. The second kappa shape index (κ2) is 5.92. The van der Waals surface area contributed by atoms with Crippen molar-refractivity contribution in [1.82, 2.24) is 9.88 Å². The molecule has 4 heteroatoms. The molecule has 0 saturated carbocycles. The lowest BCUT2D eigenvalue weighted by Gasteiger charge is -2.30. The highest BCUT2D eigenvalue weighted by Gasteiger charge is 2.20. The molecule has 0 fully saturated rings. The third kappa shape index (κ3) is 3.08. The topological polar surface area (TPSA) is 37.4 Å². The molecule has 3 rings (SSSR count). The van der Waals surface area contributed by atoms with Crippen molar-refractivity contribution >= 4 is 5.69 Å². The number of nitrogens with one attached hydrogen (secondary N) is 1. The highest BCUT2D eigenvalue weighted by Crippen LogP contribution is 2.28. The van der Waals surface area contributed by atoms with Crippen molar-refractivity contribution < 1.29 is 4.74 Å². The Hall–Kier alpha value is -2.07. The Morgan fingerprint density at radius 2 is 2.10 bits per heavy atom. The monoisotopic (exact) mass is 269 g/mol. The standard InChI is InChI=1S/C16H19N3O/c1-19(11-13-6-4-5-9-17-13)12-14-10-18-15-7-2-3-8-16(15)20-14/h2-9,14,18H,10-12H2,1H3. The predicted octanol–water partition coefficient (Wildman–Crippen LogP) is 2.39. The van der Waals surface area contributed by atoms with Gasteiger partial charge >= 0.3 is 0 Å². The molecular formula is C16H19N3O. The third-order valence-corrected chi connectivity index (χ3v) is 3.37.